The van der Waals surface area contributed by atoms with Crippen LogP contribution in [0.15, 0.2) is 59.7 Å². The van der Waals surface area contributed by atoms with Crippen molar-refractivity contribution in [2.45, 2.75) is 152 Å². The maximum atomic E-state index is 13.6. The number of hydrazone groups is 1. The van der Waals surface area contributed by atoms with E-state index in [1.54, 1.807) is 0 Å². The number of nitrogens with zero attached hydrogens (tertiary/aromatic N) is 3. The predicted octanol–water partition coefficient (Wildman–Crippen LogP) is 11.9. The highest BCUT2D eigenvalue weighted by molar-refractivity contribution is 6.02. The van der Waals surface area contributed by atoms with Crippen molar-refractivity contribution in [2.75, 3.05) is 13.6 Å². The fourth-order valence-electron chi connectivity index (χ4n) is 5.14. The molecule has 0 unspecified atom stereocenters. The Hall–Kier alpha value is -2.69. The van der Waals surface area contributed by atoms with Crippen LogP contribution in [0.3, 0.4) is 0 Å². The summed E-state index contributed by atoms with van der Waals surface area (Å²) in [7, 11) is 1.90. The maximum absolute atomic E-state index is 13.6. The van der Waals surface area contributed by atoms with Crippen molar-refractivity contribution in [3.05, 3.63) is 60.2 Å². The largest absolute Gasteiger partial charge is 0.340 e. The molecule has 0 radical (unpaired) electrons. The number of hydrogen-bond acceptors (Lipinski definition) is 3. The first-order valence-corrected chi connectivity index (χ1v) is 18.2. The van der Waals surface area contributed by atoms with Gasteiger partial charge in [-0.2, -0.15) is 5.10 Å². The van der Waals surface area contributed by atoms with Crippen molar-refractivity contribution >= 4 is 18.0 Å². The van der Waals surface area contributed by atoms with Gasteiger partial charge < -0.3 is 9.69 Å². The second kappa shape index (κ2) is 31.3. The van der Waals surface area contributed by atoms with Crippen molar-refractivity contribution < 1.29 is 9.59 Å². The van der Waals surface area contributed by atoms with E-state index < -0.39 is 0 Å². The van der Waals surface area contributed by atoms with Crippen LogP contribution < -0.4 is 0 Å². The van der Waals surface area contributed by atoms with Crippen molar-refractivity contribution in [3.63, 3.8) is 0 Å². The lowest BCUT2D eigenvalue weighted by molar-refractivity contribution is -0.108. The number of carbonyl (C=O) groups excluding carboxylic acids is 2. The second-order valence-corrected chi connectivity index (χ2v) is 11.7. The summed E-state index contributed by atoms with van der Waals surface area (Å²) in [4.78, 5) is 25.0. The lowest BCUT2D eigenvalue weighted by Gasteiger charge is -2.34. The van der Waals surface area contributed by atoms with E-state index in [-0.39, 0.29) is 12.1 Å². The van der Waals surface area contributed by atoms with Gasteiger partial charge in [0.15, 0.2) is 0 Å². The molecule has 258 valence electrons. The predicted molar refractivity (Wildman–Crippen MR) is 199 cm³/mol. The van der Waals surface area contributed by atoms with Crippen molar-refractivity contribution in [1.82, 2.24) is 9.91 Å². The van der Waals surface area contributed by atoms with E-state index in [2.05, 4.69) is 30.3 Å². The molecule has 5 nitrogen and oxygen atoms in total. The molecular formula is C40H71N3O2. The summed E-state index contributed by atoms with van der Waals surface area (Å²) in [6, 6.07) is 10.8. The maximum Gasteiger partial charge on any atom is 0.340 e. The van der Waals surface area contributed by atoms with E-state index >= 15 is 0 Å². The van der Waals surface area contributed by atoms with Crippen LogP contribution in [-0.2, 0) is 4.79 Å². The molecule has 0 bridgehead atoms. The molecule has 1 aromatic rings. The zero-order valence-electron chi connectivity index (χ0n) is 31.1. The molecule has 2 fully saturated rings. The number of allylic oxidation sites excluding steroid dienone is 3. The fourth-order valence-corrected chi connectivity index (χ4v) is 5.14. The SMILES string of the molecule is C/C=C/C.C/C=C\CN(C)C(=O)N(/N=C(\c1ccccc1)C1CCCCC1)C1CCCCCCC1.CC.CC.CC(C)CC=O. The molecule has 0 heterocycles. The van der Waals surface area contributed by atoms with Crippen molar-refractivity contribution in [1.29, 1.82) is 0 Å². The third-order valence-electron chi connectivity index (χ3n) is 7.74. The Kier molecular flexibility index (Phi) is 30.9. The molecule has 1 aromatic carbocycles. The number of urea groups is 1. The van der Waals surface area contributed by atoms with E-state index in [0.717, 1.165) is 24.8 Å². The van der Waals surface area contributed by atoms with Crippen LogP contribution in [0.4, 0.5) is 4.79 Å². The molecule has 2 amide bonds. The molecule has 0 aliphatic heterocycles. The van der Waals surface area contributed by atoms with Crippen LogP contribution in [0.1, 0.15) is 151 Å². The molecule has 2 aliphatic rings. The molecule has 0 N–H and O–H groups in total. The first-order valence-electron chi connectivity index (χ1n) is 18.2. The van der Waals surface area contributed by atoms with Crippen LogP contribution in [0.5, 0.6) is 0 Å². The van der Waals surface area contributed by atoms with Crippen LogP contribution in [0.25, 0.3) is 0 Å². The number of likely N-dealkylation sites (N-methyl/N-ethyl adjacent to an activating group) is 1. The van der Waals surface area contributed by atoms with Crippen LogP contribution in [0.2, 0.25) is 0 Å². The molecular weight excluding hydrogens is 554 g/mol. The Morgan fingerprint density at radius 1 is 0.800 bits per heavy atom. The van der Waals surface area contributed by atoms with E-state index in [9.17, 15) is 9.59 Å². The highest BCUT2D eigenvalue weighted by Gasteiger charge is 2.29. The normalized spacial score (nSPS) is 15.9. The number of amides is 2. The number of rotatable bonds is 8. The highest BCUT2D eigenvalue weighted by Crippen LogP contribution is 2.30. The summed E-state index contributed by atoms with van der Waals surface area (Å²) >= 11 is 0. The molecule has 2 aliphatic carbocycles. The third kappa shape index (κ3) is 20.9. The van der Waals surface area contributed by atoms with E-state index in [4.69, 9.17) is 5.10 Å². The van der Waals surface area contributed by atoms with Crippen molar-refractivity contribution in [2.24, 2.45) is 16.9 Å². The van der Waals surface area contributed by atoms with E-state index in [0.29, 0.717) is 24.8 Å². The van der Waals surface area contributed by atoms with Gasteiger partial charge in [0.1, 0.15) is 6.29 Å². The zero-order chi connectivity index (χ0) is 34.3. The average molecular weight is 626 g/mol. The first kappa shape index (κ1) is 44.4. The lowest BCUT2D eigenvalue weighted by atomic mass is 9.83. The number of benzene rings is 1. The Morgan fingerprint density at radius 2 is 1.29 bits per heavy atom. The first-order chi connectivity index (χ1) is 21.9. The lowest BCUT2D eigenvalue weighted by Crippen LogP contribution is -2.45. The summed E-state index contributed by atoms with van der Waals surface area (Å²) in [6.45, 7) is 18.7. The van der Waals surface area contributed by atoms with Gasteiger partial charge in [-0.3, -0.25) is 0 Å². The van der Waals surface area contributed by atoms with Gasteiger partial charge in [0, 0.05) is 25.9 Å². The van der Waals surface area contributed by atoms with Gasteiger partial charge in [0.2, 0.25) is 0 Å². The zero-order valence-corrected chi connectivity index (χ0v) is 31.1. The quantitative estimate of drug-likeness (QED) is 0.125. The summed E-state index contributed by atoms with van der Waals surface area (Å²) in [6.07, 6.45) is 24.2. The Morgan fingerprint density at radius 3 is 1.73 bits per heavy atom. The summed E-state index contributed by atoms with van der Waals surface area (Å²) < 4.78 is 0. The molecule has 5 heteroatoms. The van der Waals surface area contributed by atoms with Crippen LogP contribution in [0, 0.1) is 11.8 Å². The van der Waals surface area contributed by atoms with E-state index in [1.165, 1.54) is 69.8 Å². The molecule has 2 saturated carbocycles. The Bertz CT molecular complexity index is 889. The molecule has 45 heavy (non-hydrogen) atoms. The molecule has 0 aromatic heterocycles. The van der Waals surface area contributed by atoms with Gasteiger partial charge in [0.25, 0.3) is 0 Å². The molecule has 0 atom stereocenters. The standard InChI is InChI=1S/C27H41N3O.C5H10O.C4H8.2C2H6/c1-3-4-22-29(2)27(31)30(25-20-14-6-5-7-15-21-25)28-26(23-16-10-8-11-17-23)24-18-12-9-13-19-24;1-5(2)3-4-6;1-3-4-2;2*1-2/h3-4,8,10-11,16-17,24-25H,5-7,9,12-15,18-22H2,1-2H3;4-5H,3H2,1-2H3;3-4H,1-2H3;2*1-2H3/b4-3-,28-26+;;4-3+;;. The summed E-state index contributed by atoms with van der Waals surface area (Å²) in [5.41, 5.74) is 2.30. The number of hydrogen-bond donors (Lipinski definition) is 0. The van der Waals surface area contributed by atoms with Gasteiger partial charge in [-0.25, -0.2) is 9.80 Å². The summed E-state index contributed by atoms with van der Waals surface area (Å²) in [5.74, 6) is 0.975. The molecule has 3 rings (SSSR count). The van der Waals surface area contributed by atoms with Gasteiger partial charge >= 0.3 is 6.03 Å². The minimum atomic E-state index is 0.0351. The number of carbonyl (C=O) groups is 2. The van der Waals surface area contributed by atoms with Crippen LogP contribution >= 0.6 is 0 Å². The fraction of sp³-hybridized carbons (Fsp3) is 0.675. The van der Waals surface area contributed by atoms with Gasteiger partial charge in [-0.1, -0.05) is 148 Å². The third-order valence-corrected chi connectivity index (χ3v) is 7.74. The summed E-state index contributed by atoms with van der Waals surface area (Å²) in [5, 5.41) is 7.11. The van der Waals surface area contributed by atoms with Gasteiger partial charge in [-0.15, -0.1) is 0 Å². The second-order valence-electron chi connectivity index (χ2n) is 11.7. The number of aldehydes is 1. The van der Waals surface area contributed by atoms with Crippen molar-refractivity contribution in [3.8, 4) is 0 Å². The van der Waals surface area contributed by atoms with Gasteiger partial charge in [-0.05, 0) is 57.9 Å². The average Bonchev–Trinajstić information content (AvgIpc) is 3.07. The Balaban J connectivity index is 0. The van der Waals surface area contributed by atoms with Crippen LogP contribution in [-0.4, -0.2) is 47.6 Å². The topological polar surface area (TPSA) is 53.0 Å². The minimum absolute atomic E-state index is 0.0351. The highest BCUT2D eigenvalue weighted by atomic mass is 16.2. The molecule has 0 saturated heterocycles. The monoisotopic (exact) mass is 626 g/mol. The van der Waals surface area contributed by atoms with Gasteiger partial charge in [0.05, 0.1) is 11.8 Å². The van der Waals surface area contributed by atoms with E-state index in [1.807, 2.05) is 104 Å². The Labute approximate surface area is 279 Å². The minimum Gasteiger partial charge on any atom is -0.322 e. The smallest absolute Gasteiger partial charge is 0.322 e. The molecule has 0 spiro atoms.